The fraction of sp³-hybridized carbons (Fsp3) is 0.286. The summed E-state index contributed by atoms with van der Waals surface area (Å²) < 4.78 is 0. The predicted molar refractivity (Wildman–Crippen MR) is 47.9 cm³/mol. The van der Waals surface area contributed by atoms with E-state index in [0.29, 0.717) is 11.3 Å². The van der Waals surface area contributed by atoms with Gasteiger partial charge in [0.15, 0.2) is 0 Å². The van der Waals surface area contributed by atoms with Crippen LogP contribution in [0.4, 0.5) is 0 Å². The molecule has 0 aliphatic rings. The van der Waals surface area contributed by atoms with Crippen LogP contribution in [-0.4, -0.2) is 27.3 Å². The van der Waals surface area contributed by atoms with E-state index in [1.165, 1.54) is 12.3 Å². The van der Waals surface area contributed by atoms with E-state index in [9.17, 15) is 0 Å². The molecule has 0 aliphatic heterocycles. The average molecular weight is 182 g/mol. The Morgan fingerprint density at radius 3 is 2.62 bits per heavy atom. The predicted octanol–water partition coefficient (Wildman–Crippen LogP) is -2.29. The second-order valence-electron chi connectivity index (χ2n) is 2.62. The van der Waals surface area contributed by atoms with E-state index in [1.807, 2.05) is 0 Å². The van der Waals surface area contributed by atoms with Gasteiger partial charge < -0.3 is 20.9 Å². The van der Waals surface area contributed by atoms with Crippen molar-refractivity contribution in [3.05, 3.63) is 23.5 Å². The number of rotatable bonds is 3. The minimum absolute atomic E-state index is 0.138. The highest BCUT2D eigenvalue weighted by atomic mass is 16.4. The van der Waals surface area contributed by atoms with Gasteiger partial charge in [0.25, 0.3) is 0 Å². The van der Waals surface area contributed by atoms with Gasteiger partial charge in [0.05, 0.1) is 12.3 Å². The van der Waals surface area contributed by atoms with Crippen molar-refractivity contribution in [2.75, 3.05) is 0 Å². The minimum atomic E-state index is -1.60. The summed E-state index contributed by atoms with van der Waals surface area (Å²) >= 11 is 0. The van der Waals surface area contributed by atoms with Gasteiger partial charge in [-0.15, -0.1) is 0 Å². The Morgan fingerprint density at radius 2 is 2.15 bits per heavy atom. The molecule has 5 nitrogen and oxygen atoms in total. The molecule has 70 valence electrons. The Hall–Kier alpha value is -0.945. The molecule has 0 radical (unpaired) electrons. The van der Waals surface area contributed by atoms with Gasteiger partial charge in [-0.25, -0.2) is 0 Å². The van der Waals surface area contributed by atoms with Crippen LogP contribution in [0.3, 0.4) is 0 Å². The summed E-state index contributed by atoms with van der Waals surface area (Å²) in [6.07, 6.45) is 1.45. The summed E-state index contributed by atoms with van der Waals surface area (Å²) in [5.41, 5.74) is 6.53. The molecule has 0 saturated carbocycles. The number of aliphatic hydroxyl groups is 1. The first kappa shape index (κ1) is 10.1. The first-order chi connectivity index (χ1) is 6.19. The minimum Gasteiger partial charge on any atom is -0.423 e. The molecule has 1 rings (SSSR count). The molecule has 13 heavy (non-hydrogen) atoms. The summed E-state index contributed by atoms with van der Waals surface area (Å²) in [4.78, 5) is 3.88. The molecule has 1 aromatic heterocycles. The third-order valence-electron chi connectivity index (χ3n) is 1.71. The molecule has 5 N–H and O–H groups in total. The van der Waals surface area contributed by atoms with Gasteiger partial charge in [0, 0.05) is 18.2 Å². The molecular formula is C7H11BN2O3. The molecule has 0 amide bonds. The second-order valence-corrected chi connectivity index (χ2v) is 2.62. The van der Waals surface area contributed by atoms with E-state index in [0.717, 1.165) is 0 Å². The topological polar surface area (TPSA) is 99.6 Å². The zero-order valence-electron chi connectivity index (χ0n) is 7.01. The van der Waals surface area contributed by atoms with Gasteiger partial charge in [-0.1, -0.05) is 6.07 Å². The zero-order valence-corrected chi connectivity index (χ0v) is 7.01. The zero-order chi connectivity index (χ0) is 9.84. The lowest BCUT2D eigenvalue weighted by atomic mass is 9.78. The van der Waals surface area contributed by atoms with E-state index in [-0.39, 0.29) is 18.6 Å². The Balaban J connectivity index is 3.10. The molecule has 6 heteroatoms. The normalized spacial score (nSPS) is 10.2. The van der Waals surface area contributed by atoms with E-state index in [4.69, 9.17) is 20.9 Å². The summed E-state index contributed by atoms with van der Waals surface area (Å²) in [6, 6.07) is 1.47. The number of nitrogens with two attached hydrogens (primary N) is 1. The van der Waals surface area contributed by atoms with Crippen molar-refractivity contribution >= 4 is 12.6 Å². The maximum absolute atomic E-state index is 8.93. The number of aromatic nitrogens is 1. The lowest BCUT2D eigenvalue weighted by molar-refractivity contribution is 0.281. The molecule has 1 heterocycles. The van der Waals surface area contributed by atoms with Crippen molar-refractivity contribution in [3.63, 3.8) is 0 Å². The maximum atomic E-state index is 8.93. The van der Waals surface area contributed by atoms with E-state index < -0.39 is 7.12 Å². The summed E-state index contributed by atoms with van der Waals surface area (Å²) in [7, 11) is -1.60. The SMILES string of the molecule is NCc1ncc(CO)cc1B(O)O. The van der Waals surface area contributed by atoms with Gasteiger partial charge in [-0.3, -0.25) is 4.98 Å². The molecule has 0 atom stereocenters. The smallest absolute Gasteiger partial charge is 0.423 e. The lowest BCUT2D eigenvalue weighted by Gasteiger charge is -2.06. The van der Waals surface area contributed by atoms with Gasteiger partial charge in [-0.05, 0) is 5.56 Å². The molecule has 1 aromatic rings. The van der Waals surface area contributed by atoms with Crippen LogP contribution in [0.1, 0.15) is 11.3 Å². The Kier molecular flexibility index (Phi) is 3.38. The summed E-state index contributed by atoms with van der Waals surface area (Å²) in [5, 5.41) is 26.6. The summed E-state index contributed by atoms with van der Waals surface area (Å²) in [5.74, 6) is 0. The molecule has 0 unspecified atom stereocenters. The van der Waals surface area contributed by atoms with Crippen LogP contribution in [0.15, 0.2) is 12.3 Å². The van der Waals surface area contributed by atoms with Crippen molar-refractivity contribution in [1.29, 1.82) is 0 Å². The summed E-state index contributed by atoms with van der Waals surface area (Å²) in [6.45, 7) is -0.0454. The van der Waals surface area contributed by atoms with Crippen LogP contribution in [0.2, 0.25) is 0 Å². The number of pyridine rings is 1. The van der Waals surface area contributed by atoms with Crippen LogP contribution >= 0.6 is 0 Å². The quantitative estimate of drug-likeness (QED) is 0.394. The number of nitrogens with zero attached hydrogens (tertiary/aromatic N) is 1. The molecule has 0 aliphatic carbocycles. The van der Waals surface area contributed by atoms with Gasteiger partial charge in [0.2, 0.25) is 0 Å². The van der Waals surface area contributed by atoms with Crippen molar-refractivity contribution in [1.82, 2.24) is 4.98 Å². The highest BCUT2D eigenvalue weighted by Gasteiger charge is 2.16. The van der Waals surface area contributed by atoms with Gasteiger partial charge in [0.1, 0.15) is 0 Å². The molecule has 0 saturated heterocycles. The molecule has 0 bridgehead atoms. The standard InChI is InChI=1S/C7H11BN2O3/c9-2-7-6(8(12)13)1-5(4-11)3-10-7/h1,3,11-13H,2,4,9H2. The van der Waals surface area contributed by atoms with Crippen molar-refractivity contribution in [2.24, 2.45) is 5.73 Å². The number of hydrogen-bond acceptors (Lipinski definition) is 5. The van der Waals surface area contributed by atoms with Crippen LogP contribution in [0.5, 0.6) is 0 Å². The van der Waals surface area contributed by atoms with E-state index in [2.05, 4.69) is 4.98 Å². The lowest BCUT2D eigenvalue weighted by Crippen LogP contribution is -2.35. The van der Waals surface area contributed by atoms with Crippen LogP contribution in [0.25, 0.3) is 0 Å². The Labute approximate surface area is 76.0 Å². The Morgan fingerprint density at radius 1 is 1.46 bits per heavy atom. The highest BCUT2D eigenvalue weighted by molar-refractivity contribution is 6.59. The van der Waals surface area contributed by atoms with Crippen LogP contribution < -0.4 is 11.2 Å². The molecule has 0 spiro atoms. The van der Waals surface area contributed by atoms with Crippen molar-refractivity contribution < 1.29 is 15.2 Å². The van der Waals surface area contributed by atoms with Gasteiger partial charge in [-0.2, -0.15) is 0 Å². The fourth-order valence-corrected chi connectivity index (χ4v) is 1.04. The highest BCUT2D eigenvalue weighted by Crippen LogP contribution is 1.98. The largest absolute Gasteiger partial charge is 0.490 e. The first-order valence-electron chi connectivity index (χ1n) is 3.83. The molecular weight excluding hydrogens is 171 g/mol. The van der Waals surface area contributed by atoms with Crippen molar-refractivity contribution in [2.45, 2.75) is 13.2 Å². The van der Waals surface area contributed by atoms with Gasteiger partial charge >= 0.3 is 7.12 Å². The fourth-order valence-electron chi connectivity index (χ4n) is 1.04. The molecule has 0 fully saturated rings. The second kappa shape index (κ2) is 4.34. The maximum Gasteiger partial charge on any atom is 0.490 e. The van der Waals surface area contributed by atoms with Crippen LogP contribution in [0, 0.1) is 0 Å². The van der Waals surface area contributed by atoms with E-state index in [1.54, 1.807) is 0 Å². The average Bonchev–Trinajstić information content (AvgIpc) is 2.16. The van der Waals surface area contributed by atoms with E-state index >= 15 is 0 Å². The first-order valence-corrected chi connectivity index (χ1v) is 3.83. The molecule has 0 aromatic carbocycles. The van der Waals surface area contributed by atoms with Crippen LogP contribution in [-0.2, 0) is 13.2 Å². The van der Waals surface area contributed by atoms with Crippen molar-refractivity contribution in [3.8, 4) is 0 Å². The third-order valence-corrected chi connectivity index (χ3v) is 1.71. The Bertz CT molecular complexity index is 293. The number of hydrogen-bond donors (Lipinski definition) is 4. The third kappa shape index (κ3) is 2.25. The monoisotopic (exact) mass is 182 g/mol. The number of aliphatic hydroxyl groups excluding tert-OH is 1.